The first-order valence-electron chi connectivity index (χ1n) is 10.2. The van der Waals surface area contributed by atoms with E-state index in [0.29, 0.717) is 10.6 Å². The molecule has 0 radical (unpaired) electrons. The molecule has 0 aliphatic carbocycles. The number of aromatic carboxylic acids is 2. The number of carboxylic acids is 2. The van der Waals surface area contributed by atoms with Gasteiger partial charge in [0, 0.05) is 10.6 Å². The van der Waals surface area contributed by atoms with E-state index in [4.69, 9.17) is 16.7 Å². The Morgan fingerprint density at radius 3 is 2.11 bits per heavy atom. The number of alkyl halides is 3. The Bertz CT molecular complexity index is 1380. The number of halogens is 4. The largest absolute Gasteiger partial charge is 0.478 e. The fraction of sp³-hybridized carbons (Fsp3) is 0.0833. The van der Waals surface area contributed by atoms with Gasteiger partial charge in [-0.15, -0.1) is 11.8 Å². The van der Waals surface area contributed by atoms with Gasteiger partial charge in [-0.2, -0.15) is 13.2 Å². The number of anilines is 2. The van der Waals surface area contributed by atoms with Gasteiger partial charge < -0.3 is 20.8 Å². The van der Waals surface area contributed by atoms with Crippen molar-refractivity contribution >= 4 is 58.5 Å². The van der Waals surface area contributed by atoms with E-state index < -0.39 is 41.1 Å². The Morgan fingerprint density at radius 1 is 0.838 bits per heavy atom. The number of carbonyl (C=O) groups is 4. The van der Waals surface area contributed by atoms with Crippen LogP contribution in [0.25, 0.3) is 0 Å². The number of carboxylic acid groups (broad SMARTS) is 2. The lowest BCUT2D eigenvalue weighted by molar-refractivity contribution is -0.137. The lowest BCUT2D eigenvalue weighted by Gasteiger charge is -2.12. The van der Waals surface area contributed by atoms with Crippen molar-refractivity contribution in [3.05, 3.63) is 87.9 Å². The van der Waals surface area contributed by atoms with Gasteiger partial charge in [-0.25, -0.2) is 9.59 Å². The molecule has 192 valence electrons. The third-order valence-electron chi connectivity index (χ3n) is 4.79. The Kier molecular flexibility index (Phi) is 8.46. The van der Waals surface area contributed by atoms with E-state index in [9.17, 15) is 37.5 Å². The summed E-state index contributed by atoms with van der Waals surface area (Å²) < 4.78 is 38.6. The zero-order valence-electron chi connectivity index (χ0n) is 18.4. The highest BCUT2D eigenvalue weighted by Gasteiger charge is 2.31. The van der Waals surface area contributed by atoms with Gasteiger partial charge in [0.15, 0.2) is 0 Å². The lowest BCUT2D eigenvalue weighted by Crippen LogP contribution is -2.17. The minimum atomic E-state index is -4.59. The van der Waals surface area contributed by atoms with Crippen molar-refractivity contribution in [1.82, 2.24) is 0 Å². The van der Waals surface area contributed by atoms with Crippen LogP contribution in [0.1, 0.15) is 36.6 Å². The second-order valence-corrected chi connectivity index (χ2v) is 8.83. The predicted molar refractivity (Wildman–Crippen MR) is 131 cm³/mol. The molecule has 2 amide bonds. The highest BCUT2D eigenvalue weighted by atomic mass is 35.5. The minimum absolute atomic E-state index is 0.0462. The first-order valence-corrected chi connectivity index (χ1v) is 11.5. The molecule has 0 saturated heterocycles. The number of hydrogen-bond donors (Lipinski definition) is 4. The Morgan fingerprint density at radius 2 is 1.51 bits per heavy atom. The monoisotopic (exact) mass is 552 g/mol. The highest BCUT2D eigenvalue weighted by molar-refractivity contribution is 8.00. The maximum atomic E-state index is 12.9. The molecule has 37 heavy (non-hydrogen) atoms. The number of carbonyl (C=O) groups excluding carboxylic acids is 2. The van der Waals surface area contributed by atoms with E-state index in [1.807, 2.05) is 0 Å². The first-order chi connectivity index (χ1) is 17.3. The van der Waals surface area contributed by atoms with Gasteiger partial charge in [-0.1, -0.05) is 11.6 Å². The van der Waals surface area contributed by atoms with Crippen LogP contribution >= 0.6 is 23.4 Å². The average molecular weight is 553 g/mol. The molecule has 0 aliphatic rings. The van der Waals surface area contributed by atoms with Crippen molar-refractivity contribution in [3.63, 3.8) is 0 Å². The van der Waals surface area contributed by atoms with Gasteiger partial charge in [0.25, 0.3) is 5.91 Å². The molecular formula is C24H16ClF3N2O6S. The van der Waals surface area contributed by atoms with Gasteiger partial charge in [0.2, 0.25) is 5.91 Å². The minimum Gasteiger partial charge on any atom is -0.478 e. The van der Waals surface area contributed by atoms with Gasteiger partial charge in [0.05, 0.1) is 38.7 Å². The molecule has 13 heteroatoms. The fourth-order valence-corrected chi connectivity index (χ4v) is 3.88. The van der Waals surface area contributed by atoms with E-state index in [1.165, 1.54) is 12.1 Å². The summed E-state index contributed by atoms with van der Waals surface area (Å²) in [5.41, 5.74) is -1.82. The summed E-state index contributed by atoms with van der Waals surface area (Å²) in [7, 11) is 0. The third kappa shape index (κ3) is 7.24. The summed E-state index contributed by atoms with van der Waals surface area (Å²) in [6.07, 6.45) is -4.59. The molecule has 0 aliphatic heterocycles. The van der Waals surface area contributed by atoms with E-state index >= 15 is 0 Å². The maximum absolute atomic E-state index is 12.9. The average Bonchev–Trinajstić information content (AvgIpc) is 2.83. The van der Waals surface area contributed by atoms with Crippen molar-refractivity contribution in [2.45, 2.75) is 11.1 Å². The molecule has 3 aromatic carbocycles. The summed E-state index contributed by atoms with van der Waals surface area (Å²) in [5.74, 6) is -4.31. The number of thioether (sulfide) groups is 1. The van der Waals surface area contributed by atoms with Gasteiger partial charge in [-0.3, -0.25) is 9.59 Å². The Hall–Kier alpha value is -4.03. The highest BCUT2D eigenvalue weighted by Crippen LogP contribution is 2.34. The molecule has 4 N–H and O–H groups in total. The molecule has 0 atom stereocenters. The van der Waals surface area contributed by atoms with Crippen molar-refractivity contribution in [3.8, 4) is 0 Å². The Labute approximate surface area is 216 Å². The Balaban J connectivity index is 1.61. The van der Waals surface area contributed by atoms with Crippen LogP contribution in [0, 0.1) is 0 Å². The molecule has 0 aromatic heterocycles. The number of rotatable bonds is 8. The molecule has 3 aromatic rings. The normalized spacial score (nSPS) is 11.0. The fourth-order valence-electron chi connectivity index (χ4n) is 3.02. The van der Waals surface area contributed by atoms with Crippen molar-refractivity contribution in [1.29, 1.82) is 0 Å². The van der Waals surface area contributed by atoms with E-state index in [2.05, 4.69) is 10.6 Å². The van der Waals surface area contributed by atoms with Crippen LogP contribution in [0.2, 0.25) is 5.02 Å². The van der Waals surface area contributed by atoms with Crippen LogP contribution in [-0.2, 0) is 11.0 Å². The van der Waals surface area contributed by atoms with Crippen LogP contribution in [0.4, 0.5) is 24.5 Å². The standard InChI is InChI=1S/C24H16ClF3N2O6S/c25-18-8-2-13(24(26,27)28)10-19(18)30-20(31)11-37-15-5-3-14(4-6-15)29-21(32)16-7-1-12(22(33)34)9-17(16)23(35)36/h1-10H,11H2,(H,29,32)(H,30,31)(H,33,34)(H,35,36). The van der Waals surface area contributed by atoms with Gasteiger partial charge >= 0.3 is 18.1 Å². The summed E-state index contributed by atoms with van der Waals surface area (Å²) >= 11 is 6.95. The molecular weight excluding hydrogens is 537 g/mol. The van der Waals surface area contributed by atoms with Crippen LogP contribution in [-0.4, -0.2) is 39.7 Å². The first kappa shape index (κ1) is 27.6. The summed E-state index contributed by atoms with van der Waals surface area (Å²) in [5, 5.41) is 23.1. The van der Waals surface area contributed by atoms with Crippen LogP contribution in [0.5, 0.6) is 0 Å². The van der Waals surface area contributed by atoms with Crippen molar-refractivity contribution in [2.24, 2.45) is 0 Å². The van der Waals surface area contributed by atoms with E-state index in [0.717, 1.165) is 48.2 Å². The van der Waals surface area contributed by atoms with Crippen LogP contribution in [0.15, 0.2) is 65.6 Å². The lowest BCUT2D eigenvalue weighted by atomic mass is 10.0. The van der Waals surface area contributed by atoms with Crippen molar-refractivity contribution < 1.29 is 42.6 Å². The quantitative estimate of drug-likeness (QED) is 0.262. The summed E-state index contributed by atoms with van der Waals surface area (Å²) in [6.45, 7) is 0. The molecule has 0 bridgehead atoms. The second kappa shape index (κ2) is 11.4. The SMILES string of the molecule is O=C(CSc1ccc(NC(=O)c2ccc(C(=O)O)cc2C(=O)O)cc1)Nc1cc(C(F)(F)F)ccc1Cl. The van der Waals surface area contributed by atoms with Gasteiger partial charge in [-0.05, 0) is 60.7 Å². The van der Waals surface area contributed by atoms with Crippen LogP contribution < -0.4 is 10.6 Å². The predicted octanol–water partition coefficient (Wildman–Crippen LogP) is 5.74. The van der Waals surface area contributed by atoms with Crippen molar-refractivity contribution in [2.75, 3.05) is 16.4 Å². The van der Waals surface area contributed by atoms with E-state index in [1.54, 1.807) is 12.1 Å². The third-order valence-corrected chi connectivity index (χ3v) is 6.13. The van der Waals surface area contributed by atoms with Crippen LogP contribution in [0.3, 0.4) is 0 Å². The summed E-state index contributed by atoms with van der Waals surface area (Å²) in [6, 6.07) is 11.8. The number of nitrogens with one attached hydrogen (secondary N) is 2. The zero-order chi connectivity index (χ0) is 27.3. The zero-order valence-corrected chi connectivity index (χ0v) is 20.0. The second-order valence-electron chi connectivity index (χ2n) is 7.38. The molecule has 0 fully saturated rings. The van der Waals surface area contributed by atoms with E-state index in [-0.39, 0.29) is 27.6 Å². The molecule has 0 spiro atoms. The topological polar surface area (TPSA) is 133 Å². The number of benzene rings is 3. The smallest absolute Gasteiger partial charge is 0.416 e. The molecule has 8 nitrogen and oxygen atoms in total. The molecule has 0 unspecified atom stereocenters. The number of hydrogen-bond acceptors (Lipinski definition) is 5. The number of amides is 2. The maximum Gasteiger partial charge on any atom is 0.416 e. The molecule has 0 saturated carbocycles. The molecule has 3 rings (SSSR count). The van der Waals surface area contributed by atoms with Gasteiger partial charge in [0.1, 0.15) is 0 Å². The molecule has 0 heterocycles. The summed E-state index contributed by atoms with van der Waals surface area (Å²) in [4.78, 5) is 47.9.